The summed E-state index contributed by atoms with van der Waals surface area (Å²) < 4.78 is 5.08. The van der Waals surface area contributed by atoms with E-state index in [1.54, 1.807) is 0 Å². The molecule has 112 valence electrons. The van der Waals surface area contributed by atoms with Gasteiger partial charge < -0.3 is 20.1 Å². The number of carbonyl (C=O) groups excluding carboxylic acids is 1. The smallest absolute Gasteiger partial charge is 0.255 e. The monoisotopic (exact) mass is 300 g/mol. The maximum absolute atomic E-state index is 12.1. The molecule has 0 aliphatic rings. The van der Waals surface area contributed by atoms with Gasteiger partial charge in [-0.1, -0.05) is 25.4 Å². The molecule has 20 heavy (non-hydrogen) atoms. The van der Waals surface area contributed by atoms with Crippen molar-refractivity contribution in [1.82, 2.24) is 10.2 Å². The average Bonchev–Trinajstić information content (AvgIpc) is 2.45. The lowest BCUT2D eigenvalue weighted by molar-refractivity contribution is 0.0946. The highest BCUT2D eigenvalue weighted by molar-refractivity contribution is 6.32. The zero-order valence-corrected chi connectivity index (χ0v) is 12.8. The molecule has 0 radical (unpaired) electrons. The minimum atomic E-state index is -0.268. The summed E-state index contributed by atoms with van der Waals surface area (Å²) in [4.78, 5) is 14.3. The summed E-state index contributed by atoms with van der Waals surface area (Å²) in [7, 11) is 1.44. The summed E-state index contributed by atoms with van der Waals surface area (Å²) in [5, 5.41) is 12.4. The van der Waals surface area contributed by atoms with Crippen molar-refractivity contribution in [3.63, 3.8) is 0 Å². The Kier molecular flexibility index (Phi) is 6.61. The lowest BCUT2D eigenvalue weighted by Crippen LogP contribution is -2.34. The first-order chi connectivity index (χ1) is 9.53. The Morgan fingerprint density at radius 2 is 2.05 bits per heavy atom. The quantitative estimate of drug-likeness (QED) is 0.810. The predicted octanol–water partition coefficient (Wildman–Crippen LogP) is 2.13. The maximum atomic E-state index is 12.1. The third kappa shape index (κ3) is 4.28. The van der Waals surface area contributed by atoms with E-state index >= 15 is 0 Å². The summed E-state index contributed by atoms with van der Waals surface area (Å²) in [6.45, 7) is 7.37. The second-order valence-corrected chi connectivity index (χ2v) is 4.69. The number of ether oxygens (including phenoxy) is 1. The molecule has 0 atom stereocenters. The van der Waals surface area contributed by atoms with Gasteiger partial charge in [-0.05, 0) is 19.2 Å². The normalized spacial score (nSPS) is 10.7. The molecule has 1 aromatic rings. The van der Waals surface area contributed by atoms with Gasteiger partial charge in [-0.15, -0.1) is 0 Å². The first-order valence-electron chi connectivity index (χ1n) is 6.60. The highest BCUT2D eigenvalue weighted by Crippen LogP contribution is 2.31. The Labute approximate surface area is 124 Å². The fraction of sp³-hybridized carbons (Fsp3) is 0.500. The number of methoxy groups -OCH3 is 1. The van der Waals surface area contributed by atoms with E-state index in [4.69, 9.17) is 16.3 Å². The average molecular weight is 301 g/mol. The van der Waals surface area contributed by atoms with Crippen LogP contribution < -0.4 is 10.1 Å². The molecule has 6 heteroatoms. The van der Waals surface area contributed by atoms with E-state index < -0.39 is 0 Å². The summed E-state index contributed by atoms with van der Waals surface area (Å²) in [5.74, 6) is -0.0775. The van der Waals surface area contributed by atoms with E-state index in [0.29, 0.717) is 17.9 Å². The lowest BCUT2D eigenvalue weighted by Gasteiger charge is -2.18. The Morgan fingerprint density at radius 1 is 1.40 bits per heavy atom. The number of nitrogens with zero attached hydrogens (tertiary/aromatic N) is 1. The second kappa shape index (κ2) is 7.97. The molecule has 0 unspecified atom stereocenters. The number of hydrogen-bond acceptors (Lipinski definition) is 4. The number of benzene rings is 1. The van der Waals surface area contributed by atoms with Gasteiger partial charge in [0.2, 0.25) is 0 Å². The van der Waals surface area contributed by atoms with E-state index in [2.05, 4.69) is 24.1 Å². The molecular weight excluding hydrogens is 280 g/mol. The molecule has 0 aliphatic carbocycles. The van der Waals surface area contributed by atoms with Crippen molar-refractivity contribution in [1.29, 1.82) is 0 Å². The van der Waals surface area contributed by atoms with Crippen LogP contribution in [0.3, 0.4) is 0 Å². The zero-order valence-electron chi connectivity index (χ0n) is 12.1. The number of nitrogens with one attached hydrogen (secondary N) is 1. The van der Waals surface area contributed by atoms with Crippen LogP contribution in [0.4, 0.5) is 0 Å². The van der Waals surface area contributed by atoms with Crippen LogP contribution in [0.2, 0.25) is 5.02 Å². The third-order valence-corrected chi connectivity index (χ3v) is 3.42. The van der Waals surface area contributed by atoms with E-state index in [0.717, 1.165) is 19.6 Å². The summed E-state index contributed by atoms with van der Waals surface area (Å²) in [5.41, 5.74) is 0.315. The fourth-order valence-electron chi connectivity index (χ4n) is 1.85. The molecule has 0 spiro atoms. The Balaban J connectivity index is 2.70. The highest BCUT2D eigenvalue weighted by Gasteiger charge is 2.15. The van der Waals surface area contributed by atoms with Gasteiger partial charge in [0.25, 0.3) is 5.91 Å². The summed E-state index contributed by atoms with van der Waals surface area (Å²) in [6.07, 6.45) is 0. The van der Waals surface area contributed by atoms with Crippen molar-refractivity contribution in [2.24, 2.45) is 0 Å². The van der Waals surface area contributed by atoms with Crippen LogP contribution in [0.15, 0.2) is 12.1 Å². The molecule has 5 nitrogen and oxygen atoms in total. The Bertz CT molecular complexity index is 462. The number of halogens is 1. The standard InChI is InChI=1S/C14H21ClN2O3/c1-4-17(5-2)7-6-16-14(19)10-8-11(15)12(18)9-13(10)20-3/h8-9,18H,4-7H2,1-3H3,(H,16,19). The first-order valence-corrected chi connectivity index (χ1v) is 6.98. The van der Waals surface area contributed by atoms with Crippen molar-refractivity contribution in [2.45, 2.75) is 13.8 Å². The van der Waals surface area contributed by atoms with E-state index in [9.17, 15) is 9.90 Å². The molecule has 0 aromatic heterocycles. The second-order valence-electron chi connectivity index (χ2n) is 4.29. The molecule has 0 bridgehead atoms. The number of phenolic OH excluding ortho intramolecular Hbond substituents is 1. The van der Waals surface area contributed by atoms with Gasteiger partial charge in [-0.2, -0.15) is 0 Å². The summed E-state index contributed by atoms with van der Waals surface area (Å²) >= 11 is 5.82. The predicted molar refractivity (Wildman–Crippen MR) is 79.8 cm³/mol. The van der Waals surface area contributed by atoms with Gasteiger partial charge in [-0.3, -0.25) is 4.79 Å². The van der Waals surface area contributed by atoms with Crippen molar-refractivity contribution in [3.8, 4) is 11.5 Å². The van der Waals surface area contributed by atoms with Crippen LogP contribution in [-0.2, 0) is 0 Å². The van der Waals surface area contributed by atoms with Crippen LogP contribution in [0.5, 0.6) is 11.5 Å². The molecule has 0 heterocycles. The van der Waals surface area contributed by atoms with E-state index in [1.807, 2.05) is 0 Å². The van der Waals surface area contributed by atoms with Crippen molar-refractivity contribution >= 4 is 17.5 Å². The molecule has 1 rings (SSSR count). The maximum Gasteiger partial charge on any atom is 0.255 e. The van der Waals surface area contributed by atoms with Crippen LogP contribution in [-0.4, -0.2) is 49.2 Å². The van der Waals surface area contributed by atoms with Crippen molar-refractivity contribution in [3.05, 3.63) is 22.7 Å². The van der Waals surface area contributed by atoms with Gasteiger partial charge in [0.1, 0.15) is 11.5 Å². The molecule has 0 saturated carbocycles. The number of carbonyl (C=O) groups is 1. The molecule has 1 aromatic carbocycles. The van der Waals surface area contributed by atoms with Gasteiger partial charge in [0.15, 0.2) is 0 Å². The number of amides is 1. The van der Waals surface area contributed by atoms with Crippen molar-refractivity contribution in [2.75, 3.05) is 33.3 Å². The molecular formula is C14H21ClN2O3. The molecule has 0 aliphatic heterocycles. The topological polar surface area (TPSA) is 61.8 Å². The van der Waals surface area contributed by atoms with E-state index in [-0.39, 0.29) is 16.7 Å². The molecule has 0 fully saturated rings. The number of likely N-dealkylation sites (N-methyl/N-ethyl adjacent to an activating group) is 1. The molecule has 2 N–H and O–H groups in total. The first kappa shape index (κ1) is 16.6. The zero-order chi connectivity index (χ0) is 15.1. The van der Waals surface area contributed by atoms with Crippen LogP contribution in [0, 0.1) is 0 Å². The third-order valence-electron chi connectivity index (χ3n) is 3.12. The van der Waals surface area contributed by atoms with Gasteiger partial charge in [-0.25, -0.2) is 0 Å². The van der Waals surface area contributed by atoms with Crippen LogP contribution in [0.1, 0.15) is 24.2 Å². The number of phenols is 1. The van der Waals surface area contributed by atoms with Gasteiger partial charge in [0.05, 0.1) is 17.7 Å². The Hall–Kier alpha value is -1.46. The number of hydrogen-bond donors (Lipinski definition) is 2. The summed E-state index contributed by atoms with van der Waals surface area (Å²) in [6, 6.07) is 2.74. The van der Waals surface area contributed by atoms with Crippen LogP contribution >= 0.6 is 11.6 Å². The van der Waals surface area contributed by atoms with Crippen molar-refractivity contribution < 1.29 is 14.6 Å². The minimum Gasteiger partial charge on any atom is -0.506 e. The van der Waals surface area contributed by atoms with Gasteiger partial charge in [0, 0.05) is 19.2 Å². The van der Waals surface area contributed by atoms with Crippen LogP contribution in [0.25, 0.3) is 0 Å². The fourth-order valence-corrected chi connectivity index (χ4v) is 2.02. The molecule has 1 amide bonds. The Morgan fingerprint density at radius 3 is 2.60 bits per heavy atom. The SMILES string of the molecule is CCN(CC)CCNC(=O)c1cc(Cl)c(O)cc1OC. The minimum absolute atomic E-state index is 0.108. The van der Waals surface area contributed by atoms with E-state index in [1.165, 1.54) is 19.2 Å². The lowest BCUT2D eigenvalue weighted by atomic mass is 10.1. The number of rotatable bonds is 7. The molecule has 0 saturated heterocycles. The largest absolute Gasteiger partial charge is 0.506 e. The highest BCUT2D eigenvalue weighted by atomic mass is 35.5. The number of aromatic hydroxyl groups is 1. The van der Waals surface area contributed by atoms with Gasteiger partial charge >= 0.3 is 0 Å².